The summed E-state index contributed by atoms with van der Waals surface area (Å²) in [4.78, 5) is 3.73. The van der Waals surface area contributed by atoms with Crippen molar-refractivity contribution in [3.8, 4) is 11.5 Å². The van der Waals surface area contributed by atoms with E-state index in [0.29, 0.717) is 6.61 Å². The van der Waals surface area contributed by atoms with Gasteiger partial charge in [-0.3, -0.25) is 0 Å². The Morgan fingerprint density at radius 3 is 2.53 bits per heavy atom. The fourth-order valence-electron chi connectivity index (χ4n) is 5.07. The molecule has 1 aromatic heterocycles. The standard InChI is InChI=1S/C30H34N2O2/c1-19-15-27(33-5)25(30(2,3)4)17-23(19)28-29-22(13-14-31-28)24-16-21(11-12-26(24)32-29)34-18-20-9-7-6-8-10-20/h6-12,15-17,28,31-32H,13-14,18H2,1-5H3. The van der Waals surface area contributed by atoms with Gasteiger partial charge in [0.1, 0.15) is 18.1 Å². The van der Waals surface area contributed by atoms with Crippen LogP contribution in [0.2, 0.25) is 0 Å². The Hall–Kier alpha value is -3.24. The highest BCUT2D eigenvalue weighted by Crippen LogP contribution is 2.40. The fourth-order valence-corrected chi connectivity index (χ4v) is 5.07. The Morgan fingerprint density at radius 1 is 1.00 bits per heavy atom. The number of aromatic nitrogens is 1. The highest BCUT2D eigenvalue weighted by atomic mass is 16.5. The molecule has 1 unspecified atom stereocenters. The third kappa shape index (κ3) is 4.19. The van der Waals surface area contributed by atoms with Crippen molar-refractivity contribution in [2.45, 2.75) is 52.2 Å². The molecule has 5 rings (SSSR count). The summed E-state index contributed by atoms with van der Waals surface area (Å²) in [6.07, 6.45) is 0.995. The van der Waals surface area contributed by atoms with E-state index >= 15 is 0 Å². The molecule has 1 atom stereocenters. The zero-order chi connectivity index (χ0) is 23.9. The molecule has 0 bridgehead atoms. The summed E-state index contributed by atoms with van der Waals surface area (Å²) >= 11 is 0. The zero-order valence-electron chi connectivity index (χ0n) is 20.8. The lowest BCUT2D eigenvalue weighted by molar-refractivity contribution is 0.306. The molecule has 2 N–H and O–H groups in total. The Bertz CT molecular complexity index is 1320. The maximum atomic E-state index is 6.13. The molecule has 34 heavy (non-hydrogen) atoms. The van der Waals surface area contributed by atoms with Gasteiger partial charge in [0, 0.05) is 23.1 Å². The number of benzene rings is 3. The second kappa shape index (κ2) is 8.84. The van der Waals surface area contributed by atoms with Gasteiger partial charge in [0.25, 0.3) is 0 Å². The highest BCUT2D eigenvalue weighted by molar-refractivity contribution is 5.86. The van der Waals surface area contributed by atoms with Crippen molar-refractivity contribution in [2.75, 3.05) is 13.7 Å². The molecule has 1 aliphatic rings. The van der Waals surface area contributed by atoms with E-state index in [4.69, 9.17) is 9.47 Å². The Kier molecular flexibility index (Phi) is 5.86. The zero-order valence-corrected chi connectivity index (χ0v) is 20.8. The third-order valence-electron chi connectivity index (χ3n) is 6.88. The Morgan fingerprint density at radius 2 is 1.79 bits per heavy atom. The molecular formula is C30H34N2O2. The Balaban J connectivity index is 1.52. The highest BCUT2D eigenvalue weighted by Gasteiger charge is 2.29. The molecular weight excluding hydrogens is 420 g/mol. The molecule has 4 aromatic rings. The number of rotatable bonds is 5. The molecule has 0 radical (unpaired) electrons. The molecule has 0 spiro atoms. The average Bonchev–Trinajstić information content (AvgIpc) is 3.21. The first-order chi connectivity index (χ1) is 16.3. The molecule has 4 heteroatoms. The number of fused-ring (bicyclic) bond motifs is 3. The SMILES string of the molecule is COc1cc(C)c(C2NCCc3c2[nH]c2ccc(OCc4ccccc4)cc32)cc1C(C)(C)C. The molecule has 0 aliphatic carbocycles. The lowest BCUT2D eigenvalue weighted by Crippen LogP contribution is -2.31. The van der Waals surface area contributed by atoms with Crippen LogP contribution in [0.5, 0.6) is 11.5 Å². The van der Waals surface area contributed by atoms with Gasteiger partial charge in [-0.05, 0) is 76.9 Å². The van der Waals surface area contributed by atoms with Crippen molar-refractivity contribution < 1.29 is 9.47 Å². The second-order valence-corrected chi connectivity index (χ2v) is 10.3. The van der Waals surface area contributed by atoms with E-state index in [-0.39, 0.29) is 11.5 Å². The van der Waals surface area contributed by atoms with Gasteiger partial charge in [0.2, 0.25) is 0 Å². The largest absolute Gasteiger partial charge is 0.496 e. The van der Waals surface area contributed by atoms with Crippen LogP contribution in [-0.2, 0) is 18.4 Å². The lowest BCUT2D eigenvalue weighted by Gasteiger charge is -2.29. The second-order valence-electron chi connectivity index (χ2n) is 10.3. The minimum Gasteiger partial charge on any atom is -0.496 e. The van der Waals surface area contributed by atoms with Crippen molar-refractivity contribution in [3.63, 3.8) is 0 Å². The first kappa shape index (κ1) is 22.5. The summed E-state index contributed by atoms with van der Waals surface area (Å²) < 4.78 is 11.9. The van der Waals surface area contributed by atoms with Crippen LogP contribution in [0.1, 0.15) is 60.3 Å². The van der Waals surface area contributed by atoms with Gasteiger partial charge in [-0.15, -0.1) is 0 Å². The van der Waals surface area contributed by atoms with Crippen molar-refractivity contribution in [2.24, 2.45) is 0 Å². The maximum absolute atomic E-state index is 6.13. The molecule has 2 heterocycles. The monoisotopic (exact) mass is 454 g/mol. The maximum Gasteiger partial charge on any atom is 0.122 e. The van der Waals surface area contributed by atoms with E-state index < -0.39 is 0 Å². The third-order valence-corrected chi connectivity index (χ3v) is 6.88. The molecule has 0 amide bonds. The molecule has 176 valence electrons. The van der Waals surface area contributed by atoms with Gasteiger partial charge in [0.15, 0.2) is 0 Å². The van der Waals surface area contributed by atoms with Crippen LogP contribution >= 0.6 is 0 Å². The number of aromatic amines is 1. The first-order valence-electron chi connectivity index (χ1n) is 12.1. The van der Waals surface area contributed by atoms with Gasteiger partial charge < -0.3 is 19.8 Å². The minimum absolute atomic E-state index is 0.00324. The van der Waals surface area contributed by atoms with E-state index in [1.54, 1.807) is 7.11 Å². The van der Waals surface area contributed by atoms with Crippen molar-refractivity contribution in [1.29, 1.82) is 0 Å². The number of ether oxygens (including phenoxy) is 2. The molecule has 4 nitrogen and oxygen atoms in total. The molecule has 0 saturated carbocycles. The van der Waals surface area contributed by atoms with Gasteiger partial charge >= 0.3 is 0 Å². The summed E-state index contributed by atoms with van der Waals surface area (Å²) in [5.41, 5.74) is 8.75. The lowest BCUT2D eigenvalue weighted by atomic mass is 9.82. The van der Waals surface area contributed by atoms with Crippen LogP contribution in [0.15, 0.2) is 60.7 Å². The number of hydrogen-bond donors (Lipinski definition) is 2. The van der Waals surface area contributed by atoms with E-state index in [0.717, 1.165) is 30.0 Å². The van der Waals surface area contributed by atoms with E-state index in [1.807, 2.05) is 18.2 Å². The summed E-state index contributed by atoms with van der Waals surface area (Å²) in [5.74, 6) is 1.87. The quantitative estimate of drug-likeness (QED) is 0.357. The van der Waals surface area contributed by atoms with Gasteiger partial charge in [-0.1, -0.05) is 51.1 Å². The van der Waals surface area contributed by atoms with Crippen molar-refractivity contribution in [1.82, 2.24) is 10.3 Å². The van der Waals surface area contributed by atoms with Gasteiger partial charge in [-0.2, -0.15) is 0 Å². The van der Waals surface area contributed by atoms with E-state index in [2.05, 4.69) is 80.5 Å². The number of nitrogens with one attached hydrogen (secondary N) is 2. The predicted octanol–water partition coefficient (Wildman–Crippen LogP) is 6.60. The normalized spacial score (nSPS) is 15.9. The number of hydrogen-bond acceptors (Lipinski definition) is 3. The summed E-state index contributed by atoms with van der Waals surface area (Å²) in [6.45, 7) is 10.4. The number of aryl methyl sites for hydroxylation is 1. The first-order valence-corrected chi connectivity index (χ1v) is 12.1. The van der Waals surface area contributed by atoms with Crippen molar-refractivity contribution in [3.05, 3.63) is 94.2 Å². The molecule has 0 saturated heterocycles. The Labute approximate surface area is 202 Å². The number of H-pyrrole nitrogens is 1. The summed E-state index contributed by atoms with van der Waals surface area (Å²) in [7, 11) is 1.76. The molecule has 1 aliphatic heterocycles. The van der Waals surface area contributed by atoms with Crippen molar-refractivity contribution >= 4 is 10.9 Å². The van der Waals surface area contributed by atoms with E-state index in [9.17, 15) is 0 Å². The van der Waals surface area contributed by atoms with Crippen LogP contribution < -0.4 is 14.8 Å². The van der Waals surface area contributed by atoms with Crippen LogP contribution in [0, 0.1) is 6.92 Å². The summed E-state index contributed by atoms with van der Waals surface area (Å²) in [5, 5.41) is 5.03. The van der Waals surface area contributed by atoms with Gasteiger partial charge in [-0.25, -0.2) is 0 Å². The van der Waals surface area contributed by atoms with Crippen LogP contribution in [0.4, 0.5) is 0 Å². The molecule has 3 aromatic carbocycles. The summed E-state index contributed by atoms with van der Waals surface area (Å²) in [6, 6.07) is 21.3. The minimum atomic E-state index is -0.00324. The van der Waals surface area contributed by atoms with Crippen LogP contribution in [-0.4, -0.2) is 18.6 Å². The van der Waals surface area contributed by atoms with Crippen LogP contribution in [0.3, 0.4) is 0 Å². The number of methoxy groups -OCH3 is 1. The van der Waals surface area contributed by atoms with E-state index in [1.165, 1.54) is 38.9 Å². The topological polar surface area (TPSA) is 46.3 Å². The van der Waals surface area contributed by atoms with Gasteiger partial charge in [0.05, 0.1) is 13.2 Å². The molecule has 0 fully saturated rings. The predicted molar refractivity (Wildman–Crippen MR) is 139 cm³/mol. The average molecular weight is 455 g/mol. The van der Waals surface area contributed by atoms with Crippen LogP contribution in [0.25, 0.3) is 10.9 Å². The fraction of sp³-hybridized carbons (Fsp3) is 0.333. The smallest absolute Gasteiger partial charge is 0.122 e.